The normalized spacial score (nSPS) is 10.2. The number of benzene rings is 2. The van der Waals surface area contributed by atoms with Gasteiger partial charge >= 0.3 is 0 Å². The monoisotopic (exact) mass is 287 g/mol. The van der Waals surface area contributed by atoms with Crippen LogP contribution in [0.15, 0.2) is 48.5 Å². The van der Waals surface area contributed by atoms with Crippen molar-refractivity contribution in [1.82, 2.24) is 0 Å². The summed E-state index contributed by atoms with van der Waals surface area (Å²) in [5, 5.41) is 0. The van der Waals surface area contributed by atoms with E-state index in [-0.39, 0.29) is 17.8 Å². The molecule has 0 fully saturated rings. The summed E-state index contributed by atoms with van der Waals surface area (Å²) in [5.74, 6) is 0.0793. The lowest BCUT2D eigenvalue weighted by atomic mass is 10.1. The van der Waals surface area contributed by atoms with Crippen LogP contribution in [0.4, 0.5) is 10.1 Å². The summed E-state index contributed by atoms with van der Waals surface area (Å²) in [6.07, 6.45) is 0.246. The molecular weight excluding hydrogens is 269 g/mol. The van der Waals surface area contributed by atoms with Crippen molar-refractivity contribution < 1.29 is 13.9 Å². The Labute approximate surface area is 124 Å². The van der Waals surface area contributed by atoms with Crippen LogP contribution in [-0.4, -0.2) is 26.5 Å². The third kappa shape index (κ3) is 3.60. The number of hydrogen-bond acceptors (Lipinski definition) is 3. The zero-order valence-electron chi connectivity index (χ0n) is 12.2. The summed E-state index contributed by atoms with van der Waals surface area (Å²) in [7, 11) is 3.49. The van der Waals surface area contributed by atoms with E-state index in [1.807, 2.05) is 36.2 Å². The van der Waals surface area contributed by atoms with Crippen molar-refractivity contribution in [3.8, 4) is 5.75 Å². The average Bonchev–Trinajstić information content (AvgIpc) is 2.52. The predicted octanol–water partition coefficient (Wildman–Crippen LogP) is 3.54. The molecule has 0 aromatic heterocycles. The molecule has 0 aliphatic heterocycles. The van der Waals surface area contributed by atoms with Gasteiger partial charge in [-0.1, -0.05) is 24.3 Å². The van der Waals surface area contributed by atoms with Gasteiger partial charge in [-0.05, 0) is 24.3 Å². The molecule has 0 aliphatic rings. The predicted molar refractivity (Wildman–Crippen MR) is 81.6 cm³/mol. The van der Waals surface area contributed by atoms with Crippen LogP contribution in [-0.2, 0) is 0 Å². The van der Waals surface area contributed by atoms with Gasteiger partial charge in [0.2, 0.25) is 0 Å². The summed E-state index contributed by atoms with van der Waals surface area (Å²) in [6, 6.07) is 13.6. The minimum Gasteiger partial charge on any atom is -0.495 e. The van der Waals surface area contributed by atoms with E-state index in [1.54, 1.807) is 19.2 Å². The van der Waals surface area contributed by atoms with Gasteiger partial charge in [0.05, 0.1) is 18.4 Å². The highest BCUT2D eigenvalue weighted by Crippen LogP contribution is 2.26. The molecule has 0 radical (unpaired) electrons. The molecule has 21 heavy (non-hydrogen) atoms. The van der Waals surface area contributed by atoms with E-state index in [0.717, 1.165) is 11.4 Å². The molecule has 0 saturated heterocycles. The molecule has 110 valence electrons. The Bertz CT molecular complexity index is 628. The van der Waals surface area contributed by atoms with E-state index in [1.165, 1.54) is 12.1 Å². The summed E-state index contributed by atoms with van der Waals surface area (Å²) in [6.45, 7) is 0.494. The van der Waals surface area contributed by atoms with E-state index in [0.29, 0.717) is 6.54 Å². The number of ether oxygens (including phenoxy) is 1. The molecule has 0 unspecified atom stereocenters. The Morgan fingerprint density at radius 3 is 2.52 bits per heavy atom. The number of nitrogens with zero attached hydrogens (tertiary/aromatic N) is 1. The lowest BCUT2D eigenvalue weighted by Crippen LogP contribution is -2.22. The maximum absolute atomic E-state index is 13.6. The number of ketones is 1. The van der Waals surface area contributed by atoms with Crippen LogP contribution < -0.4 is 9.64 Å². The Balaban J connectivity index is 2.03. The smallest absolute Gasteiger partial charge is 0.167 e. The minimum absolute atomic E-state index is 0.144. The van der Waals surface area contributed by atoms with Crippen LogP contribution in [0.1, 0.15) is 16.8 Å². The molecule has 0 atom stereocenters. The largest absolute Gasteiger partial charge is 0.495 e. The molecule has 0 heterocycles. The van der Waals surface area contributed by atoms with Crippen molar-refractivity contribution in [3.63, 3.8) is 0 Å². The Kier molecular flexibility index (Phi) is 4.93. The van der Waals surface area contributed by atoms with Gasteiger partial charge in [0.1, 0.15) is 11.6 Å². The van der Waals surface area contributed by atoms with Crippen molar-refractivity contribution in [1.29, 1.82) is 0 Å². The van der Waals surface area contributed by atoms with Gasteiger partial charge in [0.25, 0.3) is 0 Å². The first kappa shape index (κ1) is 15.0. The number of methoxy groups -OCH3 is 1. The second-order valence-corrected chi connectivity index (χ2v) is 4.75. The number of rotatable bonds is 6. The number of para-hydroxylation sites is 2. The van der Waals surface area contributed by atoms with Crippen LogP contribution in [0.2, 0.25) is 0 Å². The summed E-state index contributed by atoms with van der Waals surface area (Å²) in [5.41, 5.74) is 1.05. The molecule has 2 rings (SSSR count). The Hall–Kier alpha value is -2.36. The number of halogens is 1. The molecular formula is C17H18FNO2. The second kappa shape index (κ2) is 6.88. The van der Waals surface area contributed by atoms with E-state index in [2.05, 4.69) is 0 Å². The quantitative estimate of drug-likeness (QED) is 0.761. The lowest BCUT2D eigenvalue weighted by molar-refractivity contribution is 0.0981. The van der Waals surface area contributed by atoms with Gasteiger partial charge in [-0.3, -0.25) is 4.79 Å². The molecule has 3 nitrogen and oxygen atoms in total. The number of anilines is 1. The minimum atomic E-state index is -0.470. The van der Waals surface area contributed by atoms with Crippen molar-refractivity contribution in [2.24, 2.45) is 0 Å². The standard InChI is InChI=1S/C17H18FNO2/c1-19(15-9-5-6-10-17(15)21-2)12-11-16(20)13-7-3-4-8-14(13)18/h3-10H,11-12H2,1-2H3. The lowest BCUT2D eigenvalue weighted by Gasteiger charge is -2.21. The van der Waals surface area contributed by atoms with Crippen LogP contribution in [0, 0.1) is 5.82 Å². The molecule has 0 aliphatic carbocycles. The molecule has 2 aromatic carbocycles. The van der Waals surface area contributed by atoms with Gasteiger partial charge in [-0.2, -0.15) is 0 Å². The van der Waals surface area contributed by atoms with Gasteiger partial charge in [-0.25, -0.2) is 4.39 Å². The van der Waals surface area contributed by atoms with Gasteiger partial charge in [-0.15, -0.1) is 0 Å². The highest BCUT2D eigenvalue weighted by atomic mass is 19.1. The third-order valence-corrected chi connectivity index (χ3v) is 3.34. The van der Waals surface area contributed by atoms with Crippen molar-refractivity contribution in [2.45, 2.75) is 6.42 Å². The molecule has 0 bridgehead atoms. The molecule has 2 aromatic rings. The Morgan fingerprint density at radius 2 is 1.81 bits per heavy atom. The zero-order valence-corrected chi connectivity index (χ0v) is 12.2. The molecule has 4 heteroatoms. The van der Waals surface area contributed by atoms with Gasteiger partial charge in [0, 0.05) is 20.0 Å². The Morgan fingerprint density at radius 1 is 1.14 bits per heavy atom. The fraction of sp³-hybridized carbons (Fsp3) is 0.235. The summed E-state index contributed by atoms with van der Waals surface area (Å²) < 4.78 is 18.8. The van der Waals surface area contributed by atoms with Crippen molar-refractivity contribution in [2.75, 3.05) is 25.6 Å². The molecule has 0 amide bonds. The zero-order chi connectivity index (χ0) is 15.2. The summed E-state index contributed by atoms with van der Waals surface area (Å²) >= 11 is 0. The fourth-order valence-electron chi connectivity index (χ4n) is 2.16. The van der Waals surface area contributed by atoms with E-state index >= 15 is 0 Å². The first-order valence-corrected chi connectivity index (χ1v) is 6.75. The summed E-state index contributed by atoms with van der Waals surface area (Å²) in [4.78, 5) is 14.0. The fourth-order valence-corrected chi connectivity index (χ4v) is 2.16. The SMILES string of the molecule is COc1ccccc1N(C)CCC(=O)c1ccccc1F. The average molecular weight is 287 g/mol. The molecule has 0 spiro atoms. The number of Topliss-reactive ketones (excluding diaryl/α,β-unsaturated/α-hetero) is 1. The number of carbonyl (C=O) groups is 1. The van der Waals surface area contributed by atoms with Crippen LogP contribution in [0.5, 0.6) is 5.75 Å². The topological polar surface area (TPSA) is 29.5 Å². The number of carbonyl (C=O) groups excluding carboxylic acids is 1. The number of hydrogen-bond donors (Lipinski definition) is 0. The van der Waals surface area contributed by atoms with Gasteiger partial charge in [0.15, 0.2) is 5.78 Å². The van der Waals surface area contributed by atoms with E-state index in [4.69, 9.17) is 4.74 Å². The first-order chi connectivity index (χ1) is 10.1. The van der Waals surface area contributed by atoms with Gasteiger partial charge < -0.3 is 9.64 Å². The highest BCUT2D eigenvalue weighted by Gasteiger charge is 2.13. The van der Waals surface area contributed by atoms with Crippen LogP contribution in [0.3, 0.4) is 0 Å². The van der Waals surface area contributed by atoms with Crippen LogP contribution >= 0.6 is 0 Å². The highest BCUT2D eigenvalue weighted by molar-refractivity contribution is 5.96. The van der Waals surface area contributed by atoms with E-state index in [9.17, 15) is 9.18 Å². The maximum atomic E-state index is 13.6. The second-order valence-electron chi connectivity index (χ2n) is 4.75. The molecule has 0 saturated carbocycles. The molecule has 0 N–H and O–H groups in total. The third-order valence-electron chi connectivity index (χ3n) is 3.34. The maximum Gasteiger partial charge on any atom is 0.167 e. The van der Waals surface area contributed by atoms with Crippen LogP contribution in [0.25, 0.3) is 0 Å². The van der Waals surface area contributed by atoms with E-state index < -0.39 is 5.82 Å². The van der Waals surface area contributed by atoms with Crippen molar-refractivity contribution >= 4 is 11.5 Å². The first-order valence-electron chi connectivity index (χ1n) is 6.75. The van der Waals surface area contributed by atoms with Crippen molar-refractivity contribution in [3.05, 3.63) is 59.9 Å².